The summed E-state index contributed by atoms with van der Waals surface area (Å²) in [7, 11) is 0. The number of unbranched alkanes of at least 4 members (excludes halogenated alkanes) is 2. The lowest BCUT2D eigenvalue weighted by molar-refractivity contribution is 0.914. The van der Waals surface area contributed by atoms with Crippen LogP contribution >= 0.6 is 24.4 Å². The van der Waals surface area contributed by atoms with Crippen molar-refractivity contribution in [2.24, 2.45) is 21.7 Å². The van der Waals surface area contributed by atoms with Gasteiger partial charge in [0, 0.05) is 12.4 Å². The second-order valence-electron chi connectivity index (χ2n) is 2.51. The molecule has 0 unspecified atom stereocenters. The molecule has 0 aliphatic carbocycles. The van der Waals surface area contributed by atoms with Crippen molar-refractivity contribution in [2.45, 2.75) is 19.3 Å². The fourth-order valence-corrected chi connectivity index (χ4v) is 0.753. The van der Waals surface area contributed by atoms with Crippen LogP contribution in [0.5, 0.6) is 0 Å². The van der Waals surface area contributed by atoms with E-state index in [1.807, 2.05) is 0 Å². The van der Waals surface area contributed by atoms with Crippen LogP contribution in [-0.2, 0) is 0 Å². The molecule has 0 fully saturated rings. The molecule has 0 aromatic carbocycles. The lowest BCUT2D eigenvalue weighted by Gasteiger charge is -1.94. The van der Waals surface area contributed by atoms with E-state index in [4.69, 9.17) is 11.5 Å². The first-order valence-corrected chi connectivity index (χ1v) is 5.08. The van der Waals surface area contributed by atoms with Gasteiger partial charge in [0.05, 0.1) is 0 Å². The number of hydrogen-bond donors (Lipinski definition) is 4. The quantitative estimate of drug-likeness (QED) is 0.224. The number of nitrogens with zero attached hydrogens (tertiary/aromatic N) is 2. The van der Waals surface area contributed by atoms with Gasteiger partial charge in [-0.3, -0.25) is 10.9 Å². The molecule has 84 valence electrons. The van der Waals surface area contributed by atoms with Crippen LogP contribution in [0.3, 0.4) is 0 Å². The van der Waals surface area contributed by atoms with Crippen molar-refractivity contribution in [3.05, 3.63) is 0 Å². The maximum atomic E-state index is 5.15. The summed E-state index contributed by atoms with van der Waals surface area (Å²) in [5.74, 6) is 0. The van der Waals surface area contributed by atoms with E-state index in [1.165, 1.54) is 0 Å². The molecule has 6 N–H and O–H groups in total. The van der Waals surface area contributed by atoms with Crippen LogP contribution in [0, 0.1) is 0 Å². The molecule has 8 heteroatoms. The highest BCUT2D eigenvalue weighted by Gasteiger charge is 1.83. The van der Waals surface area contributed by atoms with Gasteiger partial charge in [-0.1, -0.05) is 0 Å². The first kappa shape index (κ1) is 13.7. The molecule has 0 aromatic heterocycles. The van der Waals surface area contributed by atoms with E-state index in [0.29, 0.717) is 0 Å². The zero-order chi connectivity index (χ0) is 11.5. The van der Waals surface area contributed by atoms with Crippen molar-refractivity contribution in [3.63, 3.8) is 0 Å². The van der Waals surface area contributed by atoms with Crippen LogP contribution in [0.1, 0.15) is 19.3 Å². The third-order valence-electron chi connectivity index (χ3n) is 1.20. The molecule has 6 nitrogen and oxygen atoms in total. The van der Waals surface area contributed by atoms with Gasteiger partial charge in [-0.2, -0.15) is 10.2 Å². The molecule has 0 spiro atoms. The van der Waals surface area contributed by atoms with Gasteiger partial charge in [0.2, 0.25) is 0 Å². The summed E-state index contributed by atoms with van der Waals surface area (Å²) in [5, 5.41) is 7.87. The molecule has 0 aromatic rings. The number of nitrogens with two attached hydrogens (primary N) is 2. The number of nitrogens with one attached hydrogen (secondary N) is 2. The molecular weight excluding hydrogens is 232 g/mol. The molecule has 0 aliphatic rings. The third-order valence-corrected chi connectivity index (χ3v) is 1.38. The second kappa shape index (κ2) is 9.28. The summed E-state index contributed by atoms with van der Waals surface area (Å²) in [4.78, 5) is 0. The Hall–Kier alpha value is -1.28. The monoisotopic (exact) mass is 246 g/mol. The fraction of sp³-hybridized carbons (Fsp3) is 0.429. The summed E-state index contributed by atoms with van der Waals surface area (Å²) < 4.78 is 0. The Morgan fingerprint density at radius 2 is 1.40 bits per heavy atom. The van der Waals surface area contributed by atoms with Crippen LogP contribution in [-0.4, -0.2) is 22.7 Å². The SMILES string of the molecule is NC(=S)NN=CCCCC=NNC(N)=S. The fourth-order valence-electron chi connectivity index (χ4n) is 0.648. The van der Waals surface area contributed by atoms with E-state index in [0.717, 1.165) is 19.3 Å². The van der Waals surface area contributed by atoms with Crippen molar-refractivity contribution >= 4 is 47.1 Å². The first-order valence-electron chi connectivity index (χ1n) is 4.27. The van der Waals surface area contributed by atoms with E-state index in [2.05, 4.69) is 45.5 Å². The van der Waals surface area contributed by atoms with Crippen LogP contribution < -0.4 is 22.3 Å². The van der Waals surface area contributed by atoms with Gasteiger partial charge in [0.1, 0.15) is 0 Å². The zero-order valence-electron chi connectivity index (χ0n) is 8.14. The summed E-state index contributed by atoms with van der Waals surface area (Å²) in [6.07, 6.45) is 5.95. The van der Waals surface area contributed by atoms with Gasteiger partial charge >= 0.3 is 0 Å². The lowest BCUT2D eigenvalue weighted by Crippen LogP contribution is -2.24. The molecule has 0 saturated heterocycles. The van der Waals surface area contributed by atoms with Crippen LogP contribution in [0.15, 0.2) is 10.2 Å². The van der Waals surface area contributed by atoms with E-state index < -0.39 is 0 Å². The molecule has 0 aliphatic heterocycles. The van der Waals surface area contributed by atoms with E-state index in [1.54, 1.807) is 12.4 Å². The second-order valence-corrected chi connectivity index (χ2v) is 3.39. The minimum Gasteiger partial charge on any atom is -0.375 e. The topological polar surface area (TPSA) is 101 Å². The average Bonchev–Trinajstić information content (AvgIpc) is 2.14. The Morgan fingerprint density at radius 3 is 1.73 bits per heavy atom. The van der Waals surface area contributed by atoms with Crippen molar-refractivity contribution < 1.29 is 0 Å². The normalized spacial score (nSPS) is 10.7. The molecular formula is C7H14N6S2. The molecule has 0 radical (unpaired) electrons. The highest BCUT2D eigenvalue weighted by Crippen LogP contribution is 1.88. The van der Waals surface area contributed by atoms with Crippen molar-refractivity contribution in [3.8, 4) is 0 Å². The molecule has 15 heavy (non-hydrogen) atoms. The predicted octanol–water partition coefficient (Wildman–Crippen LogP) is -0.205. The Bertz CT molecular complexity index is 236. The van der Waals surface area contributed by atoms with Crippen LogP contribution in [0.2, 0.25) is 0 Å². The van der Waals surface area contributed by atoms with Crippen molar-refractivity contribution in [1.29, 1.82) is 0 Å². The van der Waals surface area contributed by atoms with Gasteiger partial charge in [-0.25, -0.2) is 0 Å². The maximum Gasteiger partial charge on any atom is 0.184 e. The molecule has 0 rings (SSSR count). The van der Waals surface area contributed by atoms with E-state index >= 15 is 0 Å². The van der Waals surface area contributed by atoms with Crippen molar-refractivity contribution in [1.82, 2.24) is 10.9 Å². The Kier molecular flexibility index (Phi) is 8.49. The van der Waals surface area contributed by atoms with Gasteiger partial charge in [0.15, 0.2) is 10.2 Å². The predicted molar refractivity (Wildman–Crippen MR) is 70.7 cm³/mol. The Labute approximate surface area is 99.2 Å². The zero-order valence-corrected chi connectivity index (χ0v) is 9.77. The summed E-state index contributed by atoms with van der Waals surface area (Å²) in [5.41, 5.74) is 15.2. The Morgan fingerprint density at radius 1 is 1.00 bits per heavy atom. The largest absolute Gasteiger partial charge is 0.375 e. The average molecular weight is 246 g/mol. The van der Waals surface area contributed by atoms with Gasteiger partial charge < -0.3 is 11.5 Å². The minimum absolute atomic E-state index is 0.161. The number of thiocarbonyl (C=S) groups is 2. The number of hydrogen-bond acceptors (Lipinski definition) is 4. The van der Waals surface area contributed by atoms with Crippen LogP contribution in [0.4, 0.5) is 0 Å². The minimum atomic E-state index is 0.161. The van der Waals surface area contributed by atoms with E-state index in [9.17, 15) is 0 Å². The summed E-state index contributed by atoms with van der Waals surface area (Å²) >= 11 is 9.11. The number of rotatable bonds is 6. The molecule has 0 bridgehead atoms. The van der Waals surface area contributed by atoms with Gasteiger partial charge in [-0.15, -0.1) is 0 Å². The van der Waals surface area contributed by atoms with Crippen LogP contribution in [0.25, 0.3) is 0 Å². The Balaban J connectivity index is 3.31. The molecule has 0 amide bonds. The highest BCUT2D eigenvalue weighted by molar-refractivity contribution is 7.80. The van der Waals surface area contributed by atoms with E-state index in [-0.39, 0.29) is 10.2 Å². The summed E-state index contributed by atoms with van der Waals surface area (Å²) in [6, 6.07) is 0. The smallest absolute Gasteiger partial charge is 0.184 e. The van der Waals surface area contributed by atoms with Gasteiger partial charge in [0.25, 0.3) is 0 Å². The maximum absolute atomic E-state index is 5.15. The number of hydrazone groups is 2. The summed E-state index contributed by atoms with van der Waals surface area (Å²) in [6.45, 7) is 0. The molecule has 0 atom stereocenters. The lowest BCUT2D eigenvalue weighted by atomic mass is 10.3. The highest BCUT2D eigenvalue weighted by atomic mass is 32.1. The molecule has 0 saturated carbocycles. The molecule has 0 heterocycles. The van der Waals surface area contributed by atoms with Crippen molar-refractivity contribution in [2.75, 3.05) is 0 Å². The van der Waals surface area contributed by atoms with Gasteiger partial charge in [-0.05, 0) is 43.7 Å². The standard InChI is InChI=1S/C7H14N6S2/c8-6(14)12-10-4-2-1-3-5-11-13-7(9)15/h4-5H,1-3H2,(H3,8,12,14)(H3,9,13,15). The third kappa shape index (κ3) is 12.7. The first-order chi connectivity index (χ1) is 7.13.